The first-order valence-corrected chi connectivity index (χ1v) is 4.52. The van der Waals surface area contributed by atoms with Gasteiger partial charge in [0.15, 0.2) is 5.15 Å². The second-order valence-electron chi connectivity index (χ2n) is 2.34. The van der Waals surface area contributed by atoms with Crippen LogP contribution in [0.1, 0.15) is 6.42 Å². The molecule has 0 saturated carbocycles. The van der Waals surface area contributed by atoms with E-state index in [0.717, 1.165) is 0 Å². The molecule has 0 unspecified atom stereocenters. The molecule has 1 rings (SSSR count). The highest BCUT2D eigenvalue weighted by Crippen LogP contribution is 2.18. The van der Waals surface area contributed by atoms with Crippen LogP contribution in [-0.4, -0.2) is 28.2 Å². The zero-order valence-electron chi connectivity index (χ0n) is 6.80. The second kappa shape index (κ2) is 5.21. The predicted molar refractivity (Wildman–Crippen MR) is 52.2 cm³/mol. The highest BCUT2D eigenvalue weighted by atomic mass is 35.5. The van der Waals surface area contributed by atoms with Crippen LogP contribution in [0, 0.1) is 0 Å². The van der Waals surface area contributed by atoms with Crippen molar-refractivity contribution >= 4 is 29.2 Å². The molecule has 0 fully saturated rings. The maximum absolute atomic E-state index is 8.51. The number of halogens is 2. The summed E-state index contributed by atoms with van der Waals surface area (Å²) in [6.07, 6.45) is 2.07. The molecule has 0 saturated heterocycles. The van der Waals surface area contributed by atoms with Crippen molar-refractivity contribution in [1.82, 2.24) is 9.97 Å². The normalized spacial score (nSPS) is 10.1. The highest BCUT2D eigenvalue weighted by Gasteiger charge is 2.01. The smallest absolute Gasteiger partial charge is 0.224 e. The fourth-order valence-corrected chi connectivity index (χ4v) is 0.931. The molecule has 0 aromatic carbocycles. The number of hydrogen-bond acceptors (Lipinski definition) is 4. The summed E-state index contributed by atoms with van der Waals surface area (Å²) >= 11 is 11.3. The van der Waals surface area contributed by atoms with Gasteiger partial charge in [-0.3, -0.25) is 0 Å². The van der Waals surface area contributed by atoms with Gasteiger partial charge < -0.3 is 10.4 Å². The number of aromatic nitrogens is 2. The quantitative estimate of drug-likeness (QED) is 0.599. The maximum atomic E-state index is 8.51. The van der Waals surface area contributed by atoms with E-state index in [9.17, 15) is 0 Å². The van der Waals surface area contributed by atoms with Gasteiger partial charge in [-0.25, -0.2) is 4.98 Å². The van der Waals surface area contributed by atoms with Crippen molar-refractivity contribution < 1.29 is 5.11 Å². The van der Waals surface area contributed by atoms with E-state index >= 15 is 0 Å². The molecule has 0 radical (unpaired) electrons. The molecule has 0 spiro atoms. The molecule has 0 amide bonds. The van der Waals surface area contributed by atoms with Crippen LogP contribution in [0.3, 0.4) is 0 Å². The molecule has 4 nitrogen and oxygen atoms in total. The van der Waals surface area contributed by atoms with Crippen molar-refractivity contribution in [3.8, 4) is 0 Å². The number of aliphatic hydroxyl groups is 1. The minimum absolute atomic E-state index is 0.133. The Morgan fingerprint density at radius 3 is 2.85 bits per heavy atom. The Balaban J connectivity index is 2.53. The molecule has 0 aliphatic carbocycles. The topological polar surface area (TPSA) is 58.0 Å². The van der Waals surface area contributed by atoms with Crippen molar-refractivity contribution in [2.24, 2.45) is 0 Å². The summed E-state index contributed by atoms with van der Waals surface area (Å²) in [7, 11) is 0. The Morgan fingerprint density at radius 1 is 1.46 bits per heavy atom. The van der Waals surface area contributed by atoms with Gasteiger partial charge in [-0.2, -0.15) is 4.98 Å². The lowest BCUT2D eigenvalue weighted by Crippen LogP contribution is -2.06. The third-order valence-corrected chi connectivity index (χ3v) is 1.98. The lowest BCUT2D eigenvalue weighted by atomic mass is 10.4. The fourth-order valence-electron chi connectivity index (χ4n) is 0.711. The minimum atomic E-state index is 0.133. The van der Waals surface area contributed by atoms with Gasteiger partial charge in [-0.1, -0.05) is 23.2 Å². The van der Waals surface area contributed by atoms with Gasteiger partial charge in [-0.05, 0) is 6.42 Å². The van der Waals surface area contributed by atoms with Crippen LogP contribution < -0.4 is 5.32 Å². The molecule has 72 valence electrons. The molecular weight excluding hydrogens is 213 g/mol. The average Bonchev–Trinajstić information content (AvgIpc) is 2.12. The zero-order valence-corrected chi connectivity index (χ0v) is 8.31. The first-order chi connectivity index (χ1) is 6.24. The van der Waals surface area contributed by atoms with E-state index in [0.29, 0.717) is 23.9 Å². The maximum Gasteiger partial charge on any atom is 0.224 e. The minimum Gasteiger partial charge on any atom is -0.396 e. The summed E-state index contributed by atoms with van der Waals surface area (Å²) in [6, 6.07) is 0. The first kappa shape index (κ1) is 10.5. The number of rotatable bonds is 4. The Hall–Kier alpha value is -0.580. The van der Waals surface area contributed by atoms with Crippen molar-refractivity contribution in [3.05, 3.63) is 16.4 Å². The van der Waals surface area contributed by atoms with Gasteiger partial charge in [0.25, 0.3) is 0 Å². The molecule has 0 atom stereocenters. The SMILES string of the molecule is OCCCNc1ncc(Cl)c(Cl)n1. The zero-order chi connectivity index (χ0) is 9.68. The number of hydrogen-bond donors (Lipinski definition) is 2. The van der Waals surface area contributed by atoms with Gasteiger partial charge in [0.2, 0.25) is 5.95 Å². The van der Waals surface area contributed by atoms with E-state index in [2.05, 4.69) is 15.3 Å². The van der Waals surface area contributed by atoms with Crippen LogP contribution in [0.2, 0.25) is 10.2 Å². The summed E-state index contributed by atoms with van der Waals surface area (Å²) in [4.78, 5) is 7.76. The van der Waals surface area contributed by atoms with Crippen LogP contribution in [0.5, 0.6) is 0 Å². The molecule has 0 aliphatic rings. The van der Waals surface area contributed by atoms with E-state index in [1.165, 1.54) is 6.20 Å². The molecule has 0 bridgehead atoms. The molecule has 6 heteroatoms. The van der Waals surface area contributed by atoms with E-state index in [-0.39, 0.29) is 11.8 Å². The summed E-state index contributed by atoms with van der Waals surface area (Å²) in [5, 5.41) is 12.0. The van der Waals surface area contributed by atoms with Crippen molar-refractivity contribution in [2.45, 2.75) is 6.42 Å². The third-order valence-electron chi connectivity index (χ3n) is 1.32. The standard InChI is InChI=1S/C7H9Cl2N3O/c8-5-4-11-7(12-6(5)9)10-2-1-3-13/h4,13H,1-3H2,(H,10,11,12). The summed E-state index contributed by atoms with van der Waals surface area (Å²) in [5.74, 6) is 0.419. The van der Waals surface area contributed by atoms with Crippen LogP contribution >= 0.6 is 23.2 Å². The number of anilines is 1. The number of nitrogens with one attached hydrogen (secondary N) is 1. The summed E-state index contributed by atoms with van der Waals surface area (Å²) in [6.45, 7) is 0.739. The monoisotopic (exact) mass is 221 g/mol. The van der Waals surface area contributed by atoms with Crippen LogP contribution in [0.15, 0.2) is 6.20 Å². The lowest BCUT2D eigenvalue weighted by molar-refractivity contribution is 0.292. The van der Waals surface area contributed by atoms with E-state index in [1.54, 1.807) is 0 Å². The number of aliphatic hydroxyl groups excluding tert-OH is 1. The van der Waals surface area contributed by atoms with Crippen LogP contribution in [0.4, 0.5) is 5.95 Å². The first-order valence-electron chi connectivity index (χ1n) is 3.77. The summed E-state index contributed by atoms with van der Waals surface area (Å²) < 4.78 is 0. The average molecular weight is 222 g/mol. The van der Waals surface area contributed by atoms with Crippen molar-refractivity contribution in [1.29, 1.82) is 0 Å². The van der Waals surface area contributed by atoms with Crippen LogP contribution in [0.25, 0.3) is 0 Å². The molecule has 0 aliphatic heterocycles. The van der Waals surface area contributed by atoms with Gasteiger partial charge in [-0.15, -0.1) is 0 Å². The molecule has 1 aromatic heterocycles. The van der Waals surface area contributed by atoms with E-state index in [1.807, 2.05) is 0 Å². The second-order valence-corrected chi connectivity index (χ2v) is 3.10. The molecule has 1 heterocycles. The Kier molecular flexibility index (Phi) is 4.21. The van der Waals surface area contributed by atoms with Gasteiger partial charge >= 0.3 is 0 Å². The van der Waals surface area contributed by atoms with E-state index < -0.39 is 0 Å². The summed E-state index contributed by atoms with van der Waals surface area (Å²) in [5.41, 5.74) is 0. The van der Waals surface area contributed by atoms with Gasteiger partial charge in [0.1, 0.15) is 0 Å². The van der Waals surface area contributed by atoms with E-state index in [4.69, 9.17) is 28.3 Å². The molecule has 13 heavy (non-hydrogen) atoms. The largest absolute Gasteiger partial charge is 0.396 e. The number of nitrogens with zero attached hydrogens (tertiary/aromatic N) is 2. The third kappa shape index (κ3) is 3.34. The Labute approximate surface area is 85.9 Å². The van der Waals surface area contributed by atoms with Crippen molar-refractivity contribution in [2.75, 3.05) is 18.5 Å². The Morgan fingerprint density at radius 2 is 2.23 bits per heavy atom. The van der Waals surface area contributed by atoms with Gasteiger partial charge in [0.05, 0.1) is 11.2 Å². The predicted octanol–water partition coefficient (Wildman–Crippen LogP) is 1.58. The van der Waals surface area contributed by atoms with Crippen molar-refractivity contribution in [3.63, 3.8) is 0 Å². The molecule has 2 N–H and O–H groups in total. The Bertz CT molecular complexity index is 282. The molecular formula is C7H9Cl2N3O. The fraction of sp³-hybridized carbons (Fsp3) is 0.429. The van der Waals surface area contributed by atoms with Crippen LogP contribution in [-0.2, 0) is 0 Å². The molecule has 1 aromatic rings. The van der Waals surface area contributed by atoms with Gasteiger partial charge in [0, 0.05) is 13.2 Å². The highest BCUT2D eigenvalue weighted by molar-refractivity contribution is 6.41. The lowest BCUT2D eigenvalue weighted by Gasteiger charge is -2.03.